The van der Waals surface area contributed by atoms with Crippen LogP contribution in [0.15, 0.2) is 5.38 Å². The quantitative estimate of drug-likeness (QED) is 0.893. The summed E-state index contributed by atoms with van der Waals surface area (Å²) >= 11 is 1.49. The summed E-state index contributed by atoms with van der Waals surface area (Å²) in [7, 11) is 0. The zero-order valence-corrected chi connectivity index (χ0v) is 12.4. The van der Waals surface area contributed by atoms with Crippen LogP contribution in [0.5, 0.6) is 0 Å². The fourth-order valence-electron chi connectivity index (χ4n) is 2.22. The third kappa shape index (κ3) is 3.91. The maximum atomic E-state index is 12.0. The van der Waals surface area contributed by atoms with Crippen molar-refractivity contribution >= 4 is 22.5 Å². The average molecular weight is 282 g/mol. The van der Waals surface area contributed by atoms with Gasteiger partial charge in [-0.1, -0.05) is 6.92 Å². The van der Waals surface area contributed by atoms with Crippen LogP contribution in [0, 0.1) is 0 Å². The van der Waals surface area contributed by atoms with Crippen molar-refractivity contribution in [2.45, 2.75) is 39.2 Å². The Labute approximate surface area is 118 Å². The molecule has 6 heteroatoms. The van der Waals surface area contributed by atoms with Gasteiger partial charge in [-0.25, -0.2) is 9.78 Å². The van der Waals surface area contributed by atoms with Crippen molar-refractivity contribution in [1.82, 2.24) is 15.2 Å². The highest BCUT2D eigenvalue weighted by atomic mass is 32.1. The Kier molecular flexibility index (Phi) is 5.15. The van der Waals surface area contributed by atoms with Gasteiger partial charge >= 0.3 is 6.03 Å². The predicted molar refractivity (Wildman–Crippen MR) is 78.6 cm³/mol. The highest BCUT2D eigenvalue weighted by Gasteiger charge is 2.18. The molecule has 2 amide bonds. The lowest BCUT2D eigenvalue weighted by molar-refractivity contribution is 0.200. The molecule has 1 aromatic rings. The average Bonchev–Trinajstić information content (AvgIpc) is 2.88. The SMILES string of the molecule is CCNC(C)c1csc(NC(=O)N2CCCCC2)n1. The molecule has 106 valence electrons. The molecular weight excluding hydrogens is 260 g/mol. The van der Waals surface area contributed by atoms with Gasteiger partial charge in [0.25, 0.3) is 0 Å². The number of nitrogens with zero attached hydrogens (tertiary/aromatic N) is 2. The number of carbonyl (C=O) groups excluding carboxylic acids is 1. The number of thiazole rings is 1. The van der Waals surface area contributed by atoms with E-state index in [2.05, 4.69) is 29.5 Å². The number of aromatic nitrogens is 1. The summed E-state index contributed by atoms with van der Waals surface area (Å²) in [4.78, 5) is 18.4. The van der Waals surface area contributed by atoms with Gasteiger partial charge in [-0.05, 0) is 32.7 Å². The lowest BCUT2D eigenvalue weighted by Crippen LogP contribution is -2.38. The van der Waals surface area contributed by atoms with E-state index in [1.807, 2.05) is 10.3 Å². The molecule has 2 heterocycles. The number of rotatable bonds is 4. The lowest BCUT2D eigenvalue weighted by atomic mass is 10.1. The molecule has 1 aliphatic rings. The van der Waals surface area contributed by atoms with Crippen LogP contribution < -0.4 is 10.6 Å². The molecule has 0 bridgehead atoms. The Balaban J connectivity index is 1.90. The summed E-state index contributed by atoms with van der Waals surface area (Å²) in [6, 6.07) is 0.207. The number of carbonyl (C=O) groups is 1. The Hall–Kier alpha value is -1.14. The second kappa shape index (κ2) is 6.86. The first kappa shape index (κ1) is 14.3. The van der Waals surface area contributed by atoms with Crippen LogP contribution in [0.1, 0.15) is 44.8 Å². The Morgan fingerprint density at radius 3 is 2.89 bits per heavy atom. The molecule has 1 aromatic heterocycles. The molecule has 0 aromatic carbocycles. The molecular formula is C13H22N4OS. The number of amides is 2. The van der Waals surface area contributed by atoms with Gasteiger partial charge in [0.1, 0.15) is 0 Å². The van der Waals surface area contributed by atoms with Crippen LogP contribution >= 0.6 is 11.3 Å². The summed E-state index contributed by atoms with van der Waals surface area (Å²) in [5, 5.41) is 8.90. The number of nitrogens with one attached hydrogen (secondary N) is 2. The minimum Gasteiger partial charge on any atom is -0.324 e. The lowest BCUT2D eigenvalue weighted by Gasteiger charge is -2.26. The molecule has 1 aliphatic heterocycles. The van der Waals surface area contributed by atoms with Gasteiger partial charge in [-0.3, -0.25) is 5.32 Å². The topological polar surface area (TPSA) is 57.3 Å². The third-order valence-electron chi connectivity index (χ3n) is 3.33. The second-order valence-electron chi connectivity index (χ2n) is 4.83. The van der Waals surface area contributed by atoms with E-state index in [4.69, 9.17) is 0 Å². The van der Waals surface area contributed by atoms with Gasteiger partial charge in [-0.2, -0.15) is 0 Å². The maximum Gasteiger partial charge on any atom is 0.323 e. The van der Waals surface area contributed by atoms with E-state index in [0.29, 0.717) is 5.13 Å². The first-order valence-electron chi connectivity index (χ1n) is 6.95. The first-order chi connectivity index (χ1) is 9.20. The normalized spacial score (nSPS) is 17.3. The van der Waals surface area contributed by atoms with Crippen LogP contribution in [0.2, 0.25) is 0 Å². The smallest absolute Gasteiger partial charge is 0.323 e. The fraction of sp³-hybridized carbons (Fsp3) is 0.692. The highest BCUT2D eigenvalue weighted by Crippen LogP contribution is 2.21. The molecule has 0 spiro atoms. The summed E-state index contributed by atoms with van der Waals surface area (Å²) in [5.41, 5.74) is 0.987. The number of hydrogen-bond donors (Lipinski definition) is 2. The molecule has 5 nitrogen and oxygen atoms in total. The maximum absolute atomic E-state index is 12.0. The molecule has 2 rings (SSSR count). The van der Waals surface area contributed by atoms with Gasteiger partial charge in [0.2, 0.25) is 0 Å². The minimum atomic E-state index is -0.0169. The van der Waals surface area contributed by atoms with E-state index in [1.54, 1.807) is 0 Å². The van der Waals surface area contributed by atoms with Crippen molar-refractivity contribution < 1.29 is 4.79 Å². The number of hydrogen-bond acceptors (Lipinski definition) is 4. The van der Waals surface area contributed by atoms with Gasteiger partial charge in [0.15, 0.2) is 5.13 Å². The molecule has 2 N–H and O–H groups in total. The molecule has 19 heavy (non-hydrogen) atoms. The van der Waals surface area contributed by atoms with Crippen LogP contribution in [0.4, 0.5) is 9.93 Å². The molecule has 0 radical (unpaired) electrons. The van der Waals surface area contributed by atoms with Crippen molar-refractivity contribution in [2.24, 2.45) is 0 Å². The number of anilines is 1. The second-order valence-corrected chi connectivity index (χ2v) is 5.69. The Morgan fingerprint density at radius 2 is 2.21 bits per heavy atom. The number of likely N-dealkylation sites (tertiary alicyclic amines) is 1. The highest BCUT2D eigenvalue weighted by molar-refractivity contribution is 7.13. The van der Waals surface area contributed by atoms with Crippen LogP contribution in [0.25, 0.3) is 0 Å². The van der Waals surface area contributed by atoms with Gasteiger partial charge in [-0.15, -0.1) is 11.3 Å². The van der Waals surface area contributed by atoms with E-state index in [-0.39, 0.29) is 12.1 Å². The fourth-order valence-corrected chi connectivity index (χ4v) is 3.01. The van der Waals surface area contributed by atoms with E-state index in [1.165, 1.54) is 17.8 Å². The Morgan fingerprint density at radius 1 is 1.47 bits per heavy atom. The van der Waals surface area contributed by atoms with E-state index in [9.17, 15) is 4.79 Å². The molecule has 1 saturated heterocycles. The van der Waals surface area contributed by atoms with Gasteiger partial charge in [0.05, 0.1) is 5.69 Å². The largest absolute Gasteiger partial charge is 0.324 e. The van der Waals surface area contributed by atoms with Crippen LogP contribution in [-0.2, 0) is 0 Å². The Bertz CT molecular complexity index is 415. The predicted octanol–water partition coefficient (Wildman–Crippen LogP) is 2.83. The first-order valence-corrected chi connectivity index (χ1v) is 7.83. The van der Waals surface area contributed by atoms with Crippen molar-refractivity contribution in [3.8, 4) is 0 Å². The van der Waals surface area contributed by atoms with Gasteiger partial charge in [0, 0.05) is 24.5 Å². The molecule has 1 fully saturated rings. The van der Waals surface area contributed by atoms with E-state index in [0.717, 1.165) is 38.2 Å². The minimum absolute atomic E-state index is 0.0169. The van der Waals surface area contributed by atoms with Crippen LogP contribution in [-0.4, -0.2) is 35.5 Å². The molecule has 0 aliphatic carbocycles. The molecule has 1 atom stereocenters. The molecule has 0 saturated carbocycles. The third-order valence-corrected chi connectivity index (χ3v) is 4.11. The van der Waals surface area contributed by atoms with Crippen molar-refractivity contribution in [1.29, 1.82) is 0 Å². The van der Waals surface area contributed by atoms with Crippen molar-refractivity contribution in [3.63, 3.8) is 0 Å². The van der Waals surface area contributed by atoms with Gasteiger partial charge < -0.3 is 10.2 Å². The number of urea groups is 1. The van der Waals surface area contributed by atoms with E-state index >= 15 is 0 Å². The zero-order chi connectivity index (χ0) is 13.7. The molecule has 1 unspecified atom stereocenters. The standard InChI is InChI=1S/C13H22N4OS/c1-3-14-10(2)11-9-19-12(15-11)16-13(18)17-7-5-4-6-8-17/h9-10,14H,3-8H2,1-2H3,(H,15,16,18). The monoisotopic (exact) mass is 282 g/mol. The van der Waals surface area contributed by atoms with Crippen LogP contribution in [0.3, 0.4) is 0 Å². The zero-order valence-electron chi connectivity index (χ0n) is 11.6. The summed E-state index contributed by atoms with van der Waals surface area (Å²) in [6.07, 6.45) is 3.44. The van der Waals surface area contributed by atoms with Crippen molar-refractivity contribution in [3.05, 3.63) is 11.1 Å². The number of piperidine rings is 1. The summed E-state index contributed by atoms with van der Waals surface area (Å²) < 4.78 is 0. The summed E-state index contributed by atoms with van der Waals surface area (Å²) in [5.74, 6) is 0. The summed E-state index contributed by atoms with van der Waals surface area (Å²) in [6.45, 7) is 6.78. The van der Waals surface area contributed by atoms with E-state index < -0.39 is 0 Å². The van der Waals surface area contributed by atoms with Crippen molar-refractivity contribution in [2.75, 3.05) is 25.0 Å².